The van der Waals surface area contributed by atoms with Crippen molar-refractivity contribution in [2.75, 3.05) is 26.2 Å². The van der Waals surface area contributed by atoms with Crippen molar-refractivity contribution >= 4 is 5.91 Å². The second-order valence-electron chi connectivity index (χ2n) is 4.93. The van der Waals surface area contributed by atoms with E-state index < -0.39 is 0 Å². The van der Waals surface area contributed by atoms with Gasteiger partial charge in [0, 0.05) is 25.7 Å². The number of nitrogens with zero attached hydrogens (tertiary/aromatic N) is 1. The summed E-state index contributed by atoms with van der Waals surface area (Å²) >= 11 is 0. The lowest BCUT2D eigenvalue weighted by molar-refractivity contribution is -0.123. The van der Waals surface area contributed by atoms with Crippen LogP contribution in [0.2, 0.25) is 0 Å². The molecule has 1 atom stereocenters. The van der Waals surface area contributed by atoms with Crippen LogP contribution in [0.15, 0.2) is 0 Å². The molecule has 1 amide bonds. The van der Waals surface area contributed by atoms with Gasteiger partial charge >= 0.3 is 0 Å². The molecule has 1 aliphatic heterocycles. The van der Waals surface area contributed by atoms with Gasteiger partial charge in [0.2, 0.25) is 5.91 Å². The van der Waals surface area contributed by atoms with Gasteiger partial charge in [-0.25, -0.2) is 0 Å². The molecule has 0 saturated carbocycles. The molecule has 2 N–H and O–H groups in total. The maximum Gasteiger partial charge on any atom is 0.236 e. The first-order valence-electron chi connectivity index (χ1n) is 6.87. The average Bonchev–Trinajstić information content (AvgIpc) is 2.38. The molecular weight excluding hydrogens is 226 g/mol. The number of hydrogen-bond acceptors (Lipinski definition) is 3. The van der Waals surface area contributed by atoms with E-state index in [2.05, 4.69) is 28.4 Å². The summed E-state index contributed by atoms with van der Waals surface area (Å²) in [5, 5.41) is 6.31. The van der Waals surface area contributed by atoms with E-state index in [4.69, 9.17) is 6.42 Å². The second kappa shape index (κ2) is 8.12. The summed E-state index contributed by atoms with van der Waals surface area (Å²) in [4.78, 5) is 14.0. The highest BCUT2D eigenvalue weighted by Crippen LogP contribution is 2.10. The predicted octanol–water partition coefficient (Wildman–Crippen LogP) is 0.588. The van der Waals surface area contributed by atoms with E-state index in [-0.39, 0.29) is 11.9 Å². The molecule has 1 fully saturated rings. The standard InChI is InChI=1S/C14H25N3O/c1-4-8-15-14(18)12(3)16-13-6-10-17(9-5-2)11-7-13/h2,12-13,16H,4,6-11H2,1,3H3,(H,15,18). The molecule has 4 heteroatoms. The molecule has 0 radical (unpaired) electrons. The molecule has 0 spiro atoms. The van der Waals surface area contributed by atoms with E-state index in [0.717, 1.165) is 45.4 Å². The molecule has 1 heterocycles. The summed E-state index contributed by atoms with van der Waals surface area (Å²) in [6, 6.07) is 0.321. The Kier molecular flexibility index (Phi) is 6.77. The topological polar surface area (TPSA) is 44.4 Å². The number of rotatable bonds is 6. The molecule has 18 heavy (non-hydrogen) atoms. The molecule has 1 rings (SSSR count). The van der Waals surface area contributed by atoms with Crippen molar-refractivity contribution in [2.24, 2.45) is 0 Å². The summed E-state index contributed by atoms with van der Waals surface area (Å²) in [6.07, 6.45) is 8.40. The Labute approximate surface area is 110 Å². The van der Waals surface area contributed by atoms with Crippen LogP contribution in [-0.4, -0.2) is 49.1 Å². The van der Waals surface area contributed by atoms with Crippen molar-refractivity contribution in [3.63, 3.8) is 0 Å². The minimum absolute atomic E-state index is 0.0999. The zero-order valence-electron chi connectivity index (χ0n) is 11.5. The van der Waals surface area contributed by atoms with E-state index in [1.165, 1.54) is 0 Å². The van der Waals surface area contributed by atoms with Crippen LogP contribution in [0.25, 0.3) is 0 Å². The smallest absolute Gasteiger partial charge is 0.236 e. The Morgan fingerprint density at radius 1 is 1.50 bits per heavy atom. The molecular formula is C14H25N3O. The third-order valence-electron chi connectivity index (χ3n) is 3.33. The van der Waals surface area contributed by atoms with E-state index in [9.17, 15) is 4.79 Å². The van der Waals surface area contributed by atoms with Gasteiger partial charge in [-0.05, 0) is 26.2 Å². The highest BCUT2D eigenvalue weighted by Gasteiger charge is 2.22. The summed E-state index contributed by atoms with van der Waals surface area (Å²) in [6.45, 7) is 7.51. The van der Waals surface area contributed by atoms with Gasteiger partial charge in [-0.1, -0.05) is 12.8 Å². The molecule has 102 valence electrons. The summed E-state index contributed by atoms with van der Waals surface area (Å²) < 4.78 is 0. The van der Waals surface area contributed by atoms with Gasteiger partial charge in [0.15, 0.2) is 0 Å². The van der Waals surface area contributed by atoms with E-state index in [1.807, 2.05) is 6.92 Å². The van der Waals surface area contributed by atoms with Crippen LogP contribution < -0.4 is 10.6 Å². The Hall–Kier alpha value is -1.05. The van der Waals surface area contributed by atoms with Gasteiger partial charge in [0.05, 0.1) is 12.6 Å². The highest BCUT2D eigenvalue weighted by atomic mass is 16.2. The quantitative estimate of drug-likeness (QED) is 0.679. The molecule has 1 saturated heterocycles. The molecule has 0 bridgehead atoms. The van der Waals surface area contributed by atoms with E-state index in [1.54, 1.807) is 0 Å². The summed E-state index contributed by atoms with van der Waals surface area (Å²) in [7, 11) is 0. The van der Waals surface area contributed by atoms with Gasteiger partial charge in [-0.3, -0.25) is 9.69 Å². The van der Waals surface area contributed by atoms with Crippen molar-refractivity contribution in [2.45, 2.75) is 45.2 Å². The zero-order chi connectivity index (χ0) is 13.4. The van der Waals surface area contributed by atoms with Crippen LogP contribution >= 0.6 is 0 Å². The number of nitrogens with one attached hydrogen (secondary N) is 2. The van der Waals surface area contributed by atoms with Crippen LogP contribution in [0.1, 0.15) is 33.1 Å². The van der Waals surface area contributed by atoms with Crippen molar-refractivity contribution in [1.29, 1.82) is 0 Å². The van der Waals surface area contributed by atoms with Crippen molar-refractivity contribution in [1.82, 2.24) is 15.5 Å². The minimum atomic E-state index is -0.110. The molecule has 1 unspecified atom stereocenters. The number of likely N-dealkylation sites (tertiary alicyclic amines) is 1. The number of amides is 1. The molecule has 0 aromatic carbocycles. The van der Waals surface area contributed by atoms with Crippen LogP contribution in [-0.2, 0) is 4.79 Å². The minimum Gasteiger partial charge on any atom is -0.355 e. The normalized spacial score (nSPS) is 19.2. The Morgan fingerprint density at radius 3 is 2.72 bits per heavy atom. The molecule has 0 aliphatic carbocycles. The number of hydrogen-bond donors (Lipinski definition) is 2. The summed E-state index contributed by atoms with van der Waals surface area (Å²) in [5.74, 6) is 2.78. The number of piperidine rings is 1. The average molecular weight is 251 g/mol. The number of carbonyl (C=O) groups is 1. The Bertz CT molecular complexity index is 290. The molecule has 0 aromatic heterocycles. The predicted molar refractivity (Wildman–Crippen MR) is 74.2 cm³/mol. The van der Waals surface area contributed by atoms with Crippen LogP contribution in [0.4, 0.5) is 0 Å². The summed E-state index contributed by atoms with van der Waals surface area (Å²) in [5.41, 5.74) is 0. The van der Waals surface area contributed by atoms with Gasteiger partial charge in [0.25, 0.3) is 0 Å². The lowest BCUT2D eigenvalue weighted by Crippen LogP contribution is -2.50. The van der Waals surface area contributed by atoms with Crippen LogP contribution in [0.3, 0.4) is 0 Å². The van der Waals surface area contributed by atoms with Crippen LogP contribution in [0, 0.1) is 12.3 Å². The first-order chi connectivity index (χ1) is 8.67. The third-order valence-corrected chi connectivity index (χ3v) is 3.33. The first-order valence-corrected chi connectivity index (χ1v) is 6.87. The van der Waals surface area contributed by atoms with Gasteiger partial charge in [-0.15, -0.1) is 6.42 Å². The van der Waals surface area contributed by atoms with Crippen molar-refractivity contribution < 1.29 is 4.79 Å². The first kappa shape index (κ1) is 15.0. The van der Waals surface area contributed by atoms with E-state index in [0.29, 0.717) is 6.04 Å². The van der Waals surface area contributed by atoms with Crippen molar-refractivity contribution in [3.05, 3.63) is 0 Å². The lowest BCUT2D eigenvalue weighted by atomic mass is 10.0. The monoisotopic (exact) mass is 251 g/mol. The SMILES string of the molecule is C#CCN1CCC(NC(C)C(=O)NCCC)CC1. The third kappa shape index (κ3) is 5.07. The maximum absolute atomic E-state index is 11.7. The zero-order valence-corrected chi connectivity index (χ0v) is 11.5. The maximum atomic E-state index is 11.7. The molecule has 4 nitrogen and oxygen atoms in total. The Morgan fingerprint density at radius 2 is 2.17 bits per heavy atom. The molecule has 0 aromatic rings. The van der Waals surface area contributed by atoms with Gasteiger partial charge < -0.3 is 10.6 Å². The van der Waals surface area contributed by atoms with Gasteiger partial charge in [0.1, 0.15) is 0 Å². The number of terminal acetylenes is 1. The molecule has 1 aliphatic rings. The van der Waals surface area contributed by atoms with Crippen LogP contribution in [0.5, 0.6) is 0 Å². The number of carbonyl (C=O) groups excluding carboxylic acids is 1. The lowest BCUT2D eigenvalue weighted by Gasteiger charge is -2.32. The van der Waals surface area contributed by atoms with E-state index >= 15 is 0 Å². The van der Waals surface area contributed by atoms with Gasteiger partial charge in [-0.2, -0.15) is 0 Å². The fraction of sp³-hybridized carbons (Fsp3) is 0.786. The highest BCUT2D eigenvalue weighted by molar-refractivity contribution is 5.81. The Balaban J connectivity index is 2.23. The second-order valence-corrected chi connectivity index (χ2v) is 4.93. The van der Waals surface area contributed by atoms with Crippen molar-refractivity contribution in [3.8, 4) is 12.3 Å². The largest absolute Gasteiger partial charge is 0.355 e. The fourth-order valence-corrected chi connectivity index (χ4v) is 2.22. The fourth-order valence-electron chi connectivity index (χ4n) is 2.22.